The Kier molecular flexibility index (Phi) is 3.65. The summed E-state index contributed by atoms with van der Waals surface area (Å²) in [5, 5.41) is 8.56. The predicted molar refractivity (Wildman–Crippen MR) is 65.5 cm³/mol. The van der Waals surface area contributed by atoms with Crippen molar-refractivity contribution in [2.24, 2.45) is 0 Å². The molecule has 4 nitrogen and oxygen atoms in total. The van der Waals surface area contributed by atoms with Gasteiger partial charge in [-0.05, 0) is 18.6 Å². The van der Waals surface area contributed by atoms with Crippen molar-refractivity contribution in [1.29, 1.82) is 0 Å². The second-order valence-electron chi connectivity index (χ2n) is 3.86. The van der Waals surface area contributed by atoms with Crippen molar-refractivity contribution in [2.45, 2.75) is 6.42 Å². The van der Waals surface area contributed by atoms with Crippen LogP contribution in [0, 0.1) is 0 Å². The molecular formula is C13H15NO3. The van der Waals surface area contributed by atoms with E-state index in [0.717, 1.165) is 24.4 Å². The summed E-state index contributed by atoms with van der Waals surface area (Å²) in [7, 11) is 0. The molecule has 0 saturated carbocycles. The maximum absolute atomic E-state index is 10.4. The number of rotatable bonds is 3. The molecule has 1 aromatic carbocycles. The maximum atomic E-state index is 10.4. The molecule has 0 saturated heterocycles. The minimum atomic E-state index is -0.913. The molecule has 1 N–H and O–H groups in total. The SMILES string of the molecule is O=C(O)/C=C/CN1CCCOc2ccccc21. The number of aliphatic carboxylic acids is 1. The van der Waals surface area contributed by atoms with Gasteiger partial charge in [-0.25, -0.2) is 4.79 Å². The first-order valence-electron chi connectivity index (χ1n) is 5.63. The van der Waals surface area contributed by atoms with Crippen LogP contribution in [0.2, 0.25) is 0 Å². The van der Waals surface area contributed by atoms with Crippen LogP contribution in [0.15, 0.2) is 36.4 Å². The zero-order valence-electron chi connectivity index (χ0n) is 9.50. The molecule has 0 fully saturated rings. The highest BCUT2D eigenvalue weighted by atomic mass is 16.5. The first kappa shape index (κ1) is 11.5. The fourth-order valence-corrected chi connectivity index (χ4v) is 1.87. The highest BCUT2D eigenvalue weighted by Gasteiger charge is 2.14. The Morgan fingerprint density at radius 2 is 2.29 bits per heavy atom. The zero-order valence-corrected chi connectivity index (χ0v) is 9.50. The molecule has 0 amide bonds. The molecule has 0 aliphatic carbocycles. The molecular weight excluding hydrogens is 218 g/mol. The van der Waals surface area contributed by atoms with Crippen molar-refractivity contribution in [1.82, 2.24) is 0 Å². The van der Waals surface area contributed by atoms with E-state index < -0.39 is 5.97 Å². The molecule has 0 spiro atoms. The van der Waals surface area contributed by atoms with Crippen molar-refractivity contribution in [3.8, 4) is 5.75 Å². The number of para-hydroxylation sites is 2. The summed E-state index contributed by atoms with van der Waals surface area (Å²) in [5.41, 5.74) is 1.03. The number of fused-ring (bicyclic) bond motifs is 1. The zero-order chi connectivity index (χ0) is 12.1. The highest BCUT2D eigenvalue weighted by Crippen LogP contribution is 2.30. The molecule has 0 atom stereocenters. The van der Waals surface area contributed by atoms with Crippen molar-refractivity contribution in [2.75, 3.05) is 24.6 Å². The van der Waals surface area contributed by atoms with Gasteiger partial charge in [0.15, 0.2) is 0 Å². The summed E-state index contributed by atoms with van der Waals surface area (Å²) in [6, 6.07) is 7.83. The normalized spacial score (nSPS) is 15.2. The molecule has 0 unspecified atom stereocenters. The monoisotopic (exact) mass is 233 g/mol. The van der Waals surface area contributed by atoms with Crippen LogP contribution in [0.4, 0.5) is 5.69 Å². The molecule has 90 valence electrons. The minimum absolute atomic E-state index is 0.590. The molecule has 0 radical (unpaired) electrons. The molecule has 0 bridgehead atoms. The van der Waals surface area contributed by atoms with Crippen LogP contribution in [0.25, 0.3) is 0 Å². The summed E-state index contributed by atoms with van der Waals surface area (Å²) in [6.07, 6.45) is 3.77. The van der Waals surface area contributed by atoms with Crippen LogP contribution in [-0.4, -0.2) is 30.8 Å². The van der Waals surface area contributed by atoms with E-state index in [1.54, 1.807) is 6.08 Å². The Morgan fingerprint density at radius 3 is 3.12 bits per heavy atom. The van der Waals surface area contributed by atoms with E-state index in [1.165, 1.54) is 6.08 Å². The van der Waals surface area contributed by atoms with Gasteiger partial charge in [-0.2, -0.15) is 0 Å². The third-order valence-corrected chi connectivity index (χ3v) is 2.62. The summed E-state index contributed by atoms with van der Waals surface area (Å²) in [5.74, 6) is -0.0434. The van der Waals surface area contributed by atoms with Crippen LogP contribution in [0.1, 0.15) is 6.42 Å². The third kappa shape index (κ3) is 3.00. The highest BCUT2D eigenvalue weighted by molar-refractivity contribution is 5.79. The number of ether oxygens (including phenoxy) is 1. The van der Waals surface area contributed by atoms with E-state index in [1.807, 2.05) is 24.3 Å². The van der Waals surface area contributed by atoms with Gasteiger partial charge in [-0.3, -0.25) is 0 Å². The van der Waals surface area contributed by atoms with Gasteiger partial charge in [-0.1, -0.05) is 18.2 Å². The Labute approximate surface area is 100 Å². The number of carboxylic acid groups (broad SMARTS) is 1. The van der Waals surface area contributed by atoms with Crippen LogP contribution in [-0.2, 0) is 4.79 Å². The van der Waals surface area contributed by atoms with Crippen molar-refractivity contribution >= 4 is 11.7 Å². The van der Waals surface area contributed by atoms with E-state index in [-0.39, 0.29) is 0 Å². The van der Waals surface area contributed by atoms with E-state index in [4.69, 9.17) is 9.84 Å². The number of carbonyl (C=O) groups is 1. The topological polar surface area (TPSA) is 49.8 Å². The number of hydrogen-bond donors (Lipinski definition) is 1. The first-order chi connectivity index (χ1) is 8.27. The van der Waals surface area contributed by atoms with Crippen molar-refractivity contribution in [3.63, 3.8) is 0 Å². The Balaban J connectivity index is 2.14. The van der Waals surface area contributed by atoms with E-state index >= 15 is 0 Å². The van der Waals surface area contributed by atoms with Gasteiger partial charge in [0.2, 0.25) is 0 Å². The second kappa shape index (κ2) is 5.39. The molecule has 17 heavy (non-hydrogen) atoms. The minimum Gasteiger partial charge on any atom is -0.491 e. The van der Waals surface area contributed by atoms with E-state index in [9.17, 15) is 4.79 Å². The molecule has 4 heteroatoms. The van der Waals surface area contributed by atoms with Crippen LogP contribution >= 0.6 is 0 Å². The maximum Gasteiger partial charge on any atom is 0.328 e. The quantitative estimate of drug-likeness (QED) is 0.810. The largest absolute Gasteiger partial charge is 0.491 e. The van der Waals surface area contributed by atoms with Gasteiger partial charge in [0.05, 0.1) is 12.3 Å². The summed E-state index contributed by atoms with van der Waals surface area (Å²) >= 11 is 0. The standard InChI is InChI=1S/C13H15NO3/c15-13(16)7-3-8-14-9-4-10-17-12-6-2-1-5-11(12)14/h1-3,5-7H,4,8-10H2,(H,15,16)/b7-3+. The number of carboxylic acids is 1. The predicted octanol–water partition coefficient (Wildman–Crippen LogP) is 1.92. The average molecular weight is 233 g/mol. The second-order valence-corrected chi connectivity index (χ2v) is 3.86. The fraction of sp³-hybridized carbons (Fsp3) is 0.308. The smallest absolute Gasteiger partial charge is 0.328 e. The number of nitrogens with zero attached hydrogens (tertiary/aromatic N) is 1. The molecule has 0 aromatic heterocycles. The fourth-order valence-electron chi connectivity index (χ4n) is 1.87. The van der Waals surface area contributed by atoms with Crippen LogP contribution in [0.3, 0.4) is 0 Å². The molecule has 1 aliphatic rings. The van der Waals surface area contributed by atoms with Gasteiger partial charge >= 0.3 is 5.97 Å². The number of anilines is 1. The molecule has 1 aromatic rings. The van der Waals surface area contributed by atoms with Crippen molar-refractivity contribution in [3.05, 3.63) is 36.4 Å². The number of hydrogen-bond acceptors (Lipinski definition) is 3. The average Bonchev–Trinajstić information content (AvgIpc) is 2.52. The van der Waals surface area contributed by atoms with Crippen LogP contribution < -0.4 is 9.64 Å². The Morgan fingerprint density at radius 1 is 1.47 bits per heavy atom. The summed E-state index contributed by atoms with van der Waals surface area (Å²) in [6.45, 7) is 2.17. The lowest BCUT2D eigenvalue weighted by Gasteiger charge is -2.21. The lowest BCUT2D eigenvalue weighted by Crippen LogP contribution is -2.23. The molecule has 1 aliphatic heterocycles. The lowest BCUT2D eigenvalue weighted by molar-refractivity contribution is -0.131. The lowest BCUT2D eigenvalue weighted by atomic mass is 10.2. The summed E-state index contributed by atoms with van der Waals surface area (Å²) < 4.78 is 5.62. The van der Waals surface area contributed by atoms with Crippen molar-refractivity contribution < 1.29 is 14.6 Å². The van der Waals surface area contributed by atoms with Gasteiger partial charge in [0.25, 0.3) is 0 Å². The van der Waals surface area contributed by atoms with Gasteiger partial charge in [0.1, 0.15) is 5.75 Å². The Hall–Kier alpha value is -1.97. The van der Waals surface area contributed by atoms with Gasteiger partial charge < -0.3 is 14.7 Å². The third-order valence-electron chi connectivity index (χ3n) is 2.62. The molecule has 2 rings (SSSR count). The molecule has 1 heterocycles. The number of benzene rings is 1. The van der Waals surface area contributed by atoms with Gasteiger partial charge in [-0.15, -0.1) is 0 Å². The first-order valence-corrected chi connectivity index (χ1v) is 5.63. The van der Waals surface area contributed by atoms with Crippen LogP contribution in [0.5, 0.6) is 5.75 Å². The van der Waals surface area contributed by atoms with E-state index in [2.05, 4.69) is 4.90 Å². The van der Waals surface area contributed by atoms with Gasteiger partial charge in [0, 0.05) is 19.2 Å². The van der Waals surface area contributed by atoms with E-state index in [0.29, 0.717) is 13.2 Å². The summed E-state index contributed by atoms with van der Waals surface area (Å²) in [4.78, 5) is 12.6. The Bertz CT molecular complexity index is 428.